The zero-order chi connectivity index (χ0) is 18.1. The van der Waals surface area contributed by atoms with Gasteiger partial charge in [-0.2, -0.15) is 0 Å². The molecule has 1 aromatic heterocycles. The van der Waals surface area contributed by atoms with E-state index in [9.17, 15) is 14.4 Å². The molecule has 4 rings (SSSR count). The second kappa shape index (κ2) is 7.05. The molecular formula is C18H21N3O5. The van der Waals surface area contributed by atoms with Crippen molar-refractivity contribution in [2.75, 3.05) is 26.3 Å². The maximum absolute atomic E-state index is 12.6. The first kappa shape index (κ1) is 17.0. The third-order valence-corrected chi connectivity index (χ3v) is 5.11. The highest BCUT2D eigenvalue weighted by Crippen LogP contribution is 2.25. The summed E-state index contributed by atoms with van der Waals surface area (Å²) in [5, 5.41) is 0.397. The molecule has 1 aromatic carbocycles. The maximum atomic E-state index is 12.6. The number of hydrogen-bond donors (Lipinski definition) is 1. The Balaban J connectivity index is 1.46. The van der Waals surface area contributed by atoms with Gasteiger partial charge in [0.1, 0.15) is 6.54 Å². The van der Waals surface area contributed by atoms with E-state index in [4.69, 9.17) is 9.47 Å². The molecule has 0 atom stereocenters. The lowest BCUT2D eigenvalue weighted by atomic mass is 9.96. The van der Waals surface area contributed by atoms with Gasteiger partial charge in [0.15, 0.2) is 6.29 Å². The van der Waals surface area contributed by atoms with E-state index in [1.165, 1.54) is 0 Å². The van der Waals surface area contributed by atoms with E-state index in [-0.39, 0.29) is 24.7 Å². The summed E-state index contributed by atoms with van der Waals surface area (Å²) < 4.78 is 12.1. The first-order chi connectivity index (χ1) is 12.6. The molecule has 2 aliphatic rings. The number of carbonyl (C=O) groups is 1. The van der Waals surface area contributed by atoms with Crippen LogP contribution in [-0.4, -0.2) is 53.0 Å². The highest BCUT2D eigenvalue weighted by atomic mass is 16.7. The number of ether oxygens (including phenoxy) is 2. The number of rotatable bonds is 3. The molecule has 8 nitrogen and oxygen atoms in total. The first-order valence-electron chi connectivity index (χ1n) is 8.86. The van der Waals surface area contributed by atoms with Crippen molar-refractivity contribution in [3.05, 3.63) is 45.1 Å². The predicted octanol–water partition coefficient (Wildman–Crippen LogP) is 0.301. The number of benzene rings is 1. The number of para-hydroxylation sites is 1. The van der Waals surface area contributed by atoms with Gasteiger partial charge in [-0.3, -0.25) is 14.2 Å². The van der Waals surface area contributed by atoms with Crippen LogP contribution in [0.25, 0.3) is 10.9 Å². The van der Waals surface area contributed by atoms with E-state index < -0.39 is 11.2 Å². The highest BCUT2D eigenvalue weighted by molar-refractivity contribution is 5.79. The van der Waals surface area contributed by atoms with E-state index in [2.05, 4.69) is 4.98 Å². The molecule has 0 unspecified atom stereocenters. The third kappa shape index (κ3) is 3.17. The quantitative estimate of drug-likeness (QED) is 0.851. The van der Waals surface area contributed by atoms with E-state index in [0.29, 0.717) is 37.2 Å². The second-order valence-corrected chi connectivity index (χ2v) is 6.70. The number of aromatic amines is 1. The Morgan fingerprint density at radius 2 is 1.81 bits per heavy atom. The SMILES string of the molecule is O=C(Cn1c(=O)[nH]c2ccccc2c1=O)N1CCC(C2OCCO2)CC1. The topological polar surface area (TPSA) is 93.6 Å². The molecule has 0 radical (unpaired) electrons. The number of nitrogens with zero attached hydrogens (tertiary/aromatic N) is 2. The fourth-order valence-electron chi connectivity index (χ4n) is 3.65. The van der Waals surface area contributed by atoms with E-state index in [1.807, 2.05) is 0 Å². The molecule has 0 bridgehead atoms. The zero-order valence-electron chi connectivity index (χ0n) is 14.3. The number of carbonyl (C=O) groups excluding carboxylic acids is 1. The number of fused-ring (bicyclic) bond motifs is 1. The molecular weight excluding hydrogens is 338 g/mol. The Morgan fingerprint density at radius 1 is 1.12 bits per heavy atom. The molecule has 0 aliphatic carbocycles. The summed E-state index contributed by atoms with van der Waals surface area (Å²) in [6.45, 7) is 2.15. The Bertz CT molecular complexity index is 920. The summed E-state index contributed by atoms with van der Waals surface area (Å²) in [7, 11) is 0. The van der Waals surface area contributed by atoms with Crippen molar-refractivity contribution in [1.29, 1.82) is 0 Å². The number of nitrogens with one attached hydrogen (secondary N) is 1. The van der Waals surface area contributed by atoms with Crippen LogP contribution in [0.4, 0.5) is 0 Å². The number of aromatic nitrogens is 2. The van der Waals surface area contributed by atoms with Gasteiger partial charge in [0.25, 0.3) is 5.56 Å². The molecule has 138 valence electrons. The number of H-pyrrole nitrogens is 1. The van der Waals surface area contributed by atoms with Crippen molar-refractivity contribution in [3.63, 3.8) is 0 Å². The predicted molar refractivity (Wildman–Crippen MR) is 93.8 cm³/mol. The molecule has 1 amide bonds. The molecule has 2 saturated heterocycles. The molecule has 26 heavy (non-hydrogen) atoms. The first-order valence-corrected chi connectivity index (χ1v) is 8.86. The van der Waals surface area contributed by atoms with Crippen LogP contribution in [0.3, 0.4) is 0 Å². The Hall–Kier alpha value is -2.45. The lowest BCUT2D eigenvalue weighted by molar-refractivity contribution is -0.137. The molecule has 3 heterocycles. The van der Waals surface area contributed by atoms with Gasteiger partial charge in [-0.05, 0) is 25.0 Å². The maximum Gasteiger partial charge on any atom is 0.329 e. The van der Waals surface area contributed by atoms with E-state index >= 15 is 0 Å². The summed E-state index contributed by atoms with van der Waals surface area (Å²) in [4.78, 5) is 41.7. The van der Waals surface area contributed by atoms with Crippen LogP contribution in [0.15, 0.2) is 33.9 Å². The Kier molecular flexibility index (Phi) is 4.60. The lowest BCUT2D eigenvalue weighted by Crippen LogP contribution is -2.46. The van der Waals surface area contributed by atoms with Crippen molar-refractivity contribution in [3.8, 4) is 0 Å². The standard InChI is InChI=1S/C18H21N3O5/c22-15(20-7-5-12(6-8-20)17-25-9-10-26-17)11-21-16(23)13-3-1-2-4-14(13)19-18(21)24/h1-4,12,17H,5-11H2,(H,19,24). The minimum absolute atomic E-state index is 0.168. The molecule has 2 aromatic rings. The van der Waals surface area contributed by atoms with Crippen molar-refractivity contribution < 1.29 is 14.3 Å². The van der Waals surface area contributed by atoms with Crippen LogP contribution in [0.1, 0.15) is 12.8 Å². The van der Waals surface area contributed by atoms with Crippen LogP contribution >= 0.6 is 0 Å². The van der Waals surface area contributed by atoms with Gasteiger partial charge >= 0.3 is 5.69 Å². The summed E-state index contributed by atoms with van der Waals surface area (Å²) in [5.74, 6) is 0.0629. The fourth-order valence-corrected chi connectivity index (χ4v) is 3.65. The zero-order valence-corrected chi connectivity index (χ0v) is 14.3. The van der Waals surface area contributed by atoms with Gasteiger partial charge < -0.3 is 19.4 Å². The number of hydrogen-bond acceptors (Lipinski definition) is 5. The van der Waals surface area contributed by atoms with Crippen LogP contribution in [0.2, 0.25) is 0 Å². The lowest BCUT2D eigenvalue weighted by Gasteiger charge is -2.33. The third-order valence-electron chi connectivity index (χ3n) is 5.11. The smallest absolute Gasteiger partial charge is 0.329 e. The summed E-state index contributed by atoms with van der Waals surface area (Å²) in [5.41, 5.74) is -0.534. The minimum Gasteiger partial charge on any atom is -0.350 e. The van der Waals surface area contributed by atoms with Crippen LogP contribution in [-0.2, 0) is 20.8 Å². The molecule has 2 aliphatic heterocycles. The number of likely N-dealkylation sites (tertiary alicyclic amines) is 1. The van der Waals surface area contributed by atoms with Gasteiger partial charge in [-0.1, -0.05) is 12.1 Å². The molecule has 8 heteroatoms. The largest absolute Gasteiger partial charge is 0.350 e. The summed E-state index contributed by atoms with van der Waals surface area (Å²) >= 11 is 0. The van der Waals surface area contributed by atoms with Crippen molar-refractivity contribution in [2.45, 2.75) is 25.7 Å². The summed E-state index contributed by atoms with van der Waals surface area (Å²) in [6.07, 6.45) is 1.41. The normalized spacial score (nSPS) is 19.3. The Morgan fingerprint density at radius 3 is 2.54 bits per heavy atom. The Labute approximate surface area is 149 Å². The van der Waals surface area contributed by atoms with Crippen LogP contribution in [0, 0.1) is 5.92 Å². The van der Waals surface area contributed by atoms with E-state index in [1.54, 1.807) is 29.2 Å². The number of piperidine rings is 1. The van der Waals surface area contributed by atoms with Crippen LogP contribution < -0.4 is 11.2 Å². The van der Waals surface area contributed by atoms with E-state index in [0.717, 1.165) is 17.4 Å². The summed E-state index contributed by atoms with van der Waals surface area (Å²) in [6, 6.07) is 6.78. The fraction of sp³-hybridized carbons (Fsp3) is 0.500. The van der Waals surface area contributed by atoms with Gasteiger partial charge in [0, 0.05) is 19.0 Å². The monoisotopic (exact) mass is 359 g/mol. The van der Waals surface area contributed by atoms with Gasteiger partial charge in [0.05, 0.1) is 24.1 Å². The second-order valence-electron chi connectivity index (χ2n) is 6.70. The minimum atomic E-state index is -0.565. The molecule has 1 N–H and O–H groups in total. The molecule has 0 spiro atoms. The average Bonchev–Trinajstić information content (AvgIpc) is 3.20. The number of amides is 1. The van der Waals surface area contributed by atoms with Crippen molar-refractivity contribution in [2.24, 2.45) is 5.92 Å². The molecule has 2 fully saturated rings. The van der Waals surface area contributed by atoms with Crippen molar-refractivity contribution >= 4 is 16.8 Å². The molecule has 0 saturated carbocycles. The van der Waals surface area contributed by atoms with Crippen molar-refractivity contribution in [1.82, 2.24) is 14.5 Å². The average molecular weight is 359 g/mol. The highest BCUT2D eigenvalue weighted by Gasteiger charge is 2.31. The van der Waals surface area contributed by atoms with Gasteiger partial charge in [0.2, 0.25) is 5.91 Å². The van der Waals surface area contributed by atoms with Gasteiger partial charge in [-0.25, -0.2) is 4.79 Å². The van der Waals surface area contributed by atoms with Gasteiger partial charge in [-0.15, -0.1) is 0 Å². The van der Waals surface area contributed by atoms with Crippen LogP contribution in [0.5, 0.6) is 0 Å².